The second kappa shape index (κ2) is 7.38. The highest BCUT2D eigenvalue weighted by atomic mass is 15.1. The molecular formula is C15H32N2. The standard InChI is InChI=1S/C15H32N2/c1-5-9-16-12-15(3,4)13-17(10-6-2)11-14-7-8-14/h14,16H,5-13H2,1-4H3. The zero-order valence-electron chi connectivity index (χ0n) is 12.4. The van der Waals surface area contributed by atoms with E-state index in [0.29, 0.717) is 5.41 Å². The van der Waals surface area contributed by atoms with E-state index >= 15 is 0 Å². The molecule has 0 aliphatic heterocycles. The van der Waals surface area contributed by atoms with Gasteiger partial charge in [0.05, 0.1) is 0 Å². The lowest BCUT2D eigenvalue weighted by atomic mass is 9.92. The first kappa shape index (κ1) is 15.0. The van der Waals surface area contributed by atoms with Crippen LogP contribution in [0.2, 0.25) is 0 Å². The van der Waals surface area contributed by atoms with Crippen LogP contribution in [0.25, 0.3) is 0 Å². The monoisotopic (exact) mass is 240 g/mol. The average Bonchev–Trinajstić information content (AvgIpc) is 3.01. The molecule has 102 valence electrons. The molecule has 2 nitrogen and oxygen atoms in total. The predicted octanol–water partition coefficient (Wildman–Crippen LogP) is 3.13. The molecule has 2 heteroatoms. The molecule has 1 aliphatic rings. The van der Waals surface area contributed by atoms with E-state index in [0.717, 1.165) is 19.0 Å². The summed E-state index contributed by atoms with van der Waals surface area (Å²) in [5.74, 6) is 1.01. The number of rotatable bonds is 10. The van der Waals surface area contributed by atoms with E-state index in [-0.39, 0.29) is 0 Å². The van der Waals surface area contributed by atoms with Crippen LogP contribution in [0.5, 0.6) is 0 Å². The van der Waals surface area contributed by atoms with E-state index in [9.17, 15) is 0 Å². The van der Waals surface area contributed by atoms with Gasteiger partial charge < -0.3 is 10.2 Å². The maximum absolute atomic E-state index is 3.57. The van der Waals surface area contributed by atoms with Crippen molar-refractivity contribution in [2.45, 2.75) is 53.4 Å². The van der Waals surface area contributed by atoms with Crippen molar-refractivity contribution in [3.8, 4) is 0 Å². The Kier molecular flexibility index (Phi) is 6.50. The molecule has 1 fully saturated rings. The highest BCUT2D eigenvalue weighted by Gasteiger charge is 2.27. The molecule has 1 N–H and O–H groups in total. The van der Waals surface area contributed by atoms with Crippen molar-refractivity contribution in [1.29, 1.82) is 0 Å². The van der Waals surface area contributed by atoms with Gasteiger partial charge in [0.25, 0.3) is 0 Å². The number of nitrogens with zero attached hydrogens (tertiary/aromatic N) is 1. The average molecular weight is 240 g/mol. The van der Waals surface area contributed by atoms with Crippen LogP contribution in [-0.4, -0.2) is 37.6 Å². The third-order valence-corrected chi connectivity index (χ3v) is 3.44. The summed E-state index contributed by atoms with van der Waals surface area (Å²) in [5.41, 5.74) is 0.402. The van der Waals surface area contributed by atoms with Crippen LogP contribution in [0, 0.1) is 11.3 Å². The first-order valence-electron chi connectivity index (χ1n) is 7.50. The highest BCUT2D eigenvalue weighted by Crippen LogP contribution is 2.30. The summed E-state index contributed by atoms with van der Waals surface area (Å²) >= 11 is 0. The van der Waals surface area contributed by atoms with Gasteiger partial charge in [0.15, 0.2) is 0 Å². The summed E-state index contributed by atoms with van der Waals surface area (Å²) in [6, 6.07) is 0. The summed E-state index contributed by atoms with van der Waals surface area (Å²) < 4.78 is 0. The van der Waals surface area contributed by atoms with Crippen LogP contribution in [0.15, 0.2) is 0 Å². The Morgan fingerprint density at radius 1 is 1.18 bits per heavy atom. The minimum Gasteiger partial charge on any atom is -0.316 e. The van der Waals surface area contributed by atoms with Crippen molar-refractivity contribution < 1.29 is 0 Å². The third-order valence-electron chi connectivity index (χ3n) is 3.44. The SMILES string of the molecule is CCCNCC(C)(C)CN(CCC)CC1CC1. The normalized spacial score (nSPS) is 16.8. The van der Waals surface area contributed by atoms with Gasteiger partial charge in [-0.15, -0.1) is 0 Å². The number of nitrogens with one attached hydrogen (secondary N) is 1. The quantitative estimate of drug-likeness (QED) is 0.590. The molecule has 0 saturated heterocycles. The maximum atomic E-state index is 3.57. The molecule has 0 unspecified atom stereocenters. The molecule has 0 atom stereocenters. The van der Waals surface area contributed by atoms with Gasteiger partial charge in [-0.05, 0) is 50.1 Å². The largest absolute Gasteiger partial charge is 0.316 e. The first-order chi connectivity index (χ1) is 8.07. The second-order valence-electron chi connectivity index (χ2n) is 6.52. The van der Waals surface area contributed by atoms with Gasteiger partial charge in [0.1, 0.15) is 0 Å². The van der Waals surface area contributed by atoms with E-state index < -0.39 is 0 Å². The molecule has 1 saturated carbocycles. The Bertz CT molecular complexity index is 197. The Labute approximate surface area is 108 Å². The summed E-state index contributed by atoms with van der Waals surface area (Å²) in [6.45, 7) is 15.5. The van der Waals surface area contributed by atoms with Crippen LogP contribution in [0.4, 0.5) is 0 Å². The first-order valence-corrected chi connectivity index (χ1v) is 7.50. The minimum atomic E-state index is 0.402. The molecule has 0 radical (unpaired) electrons. The zero-order chi connectivity index (χ0) is 12.7. The van der Waals surface area contributed by atoms with Crippen molar-refractivity contribution in [3.63, 3.8) is 0 Å². The van der Waals surface area contributed by atoms with Crippen LogP contribution >= 0.6 is 0 Å². The lowest BCUT2D eigenvalue weighted by molar-refractivity contribution is 0.168. The van der Waals surface area contributed by atoms with Gasteiger partial charge >= 0.3 is 0 Å². The van der Waals surface area contributed by atoms with Gasteiger partial charge in [0, 0.05) is 19.6 Å². The maximum Gasteiger partial charge on any atom is 0.00449 e. The Balaban J connectivity index is 2.28. The van der Waals surface area contributed by atoms with Crippen LogP contribution in [0.1, 0.15) is 53.4 Å². The molecule has 0 spiro atoms. The van der Waals surface area contributed by atoms with Crippen molar-refractivity contribution in [2.75, 3.05) is 32.7 Å². The smallest absolute Gasteiger partial charge is 0.00449 e. The van der Waals surface area contributed by atoms with Crippen molar-refractivity contribution in [1.82, 2.24) is 10.2 Å². The topological polar surface area (TPSA) is 15.3 Å². The molecule has 0 aromatic heterocycles. The predicted molar refractivity (Wildman–Crippen MR) is 76.4 cm³/mol. The van der Waals surface area contributed by atoms with Crippen LogP contribution in [-0.2, 0) is 0 Å². The van der Waals surface area contributed by atoms with Crippen LogP contribution < -0.4 is 5.32 Å². The highest BCUT2D eigenvalue weighted by molar-refractivity contribution is 4.81. The number of hydrogen-bond acceptors (Lipinski definition) is 2. The van der Waals surface area contributed by atoms with Crippen molar-refractivity contribution in [2.24, 2.45) is 11.3 Å². The summed E-state index contributed by atoms with van der Waals surface area (Å²) in [7, 11) is 0. The molecule has 17 heavy (non-hydrogen) atoms. The lowest BCUT2D eigenvalue weighted by Gasteiger charge is -2.33. The molecule has 1 aliphatic carbocycles. The van der Waals surface area contributed by atoms with E-state index in [4.69, 9.17) is 0 Å². The molecule has 0 amide bonds. The van der Waals surface area contributed by atoms with Gasteiger partial charge in [-0.3, -0.25) is 0 Å². The second-order valence-corrected chi connectivity index (χ2v) is 6.52. The van der Waals surface area contributed by atoms with Crippen molar-refractivity contribution in [3.05, 3.63) is 0 Å². The van der Waals surface area contributed by atoms with Crippen LogP contribution in [0.3, 0.4) is 0 Å². The summed E-state index contributed by atoms with van der Waals surface area (Å²) in [6.07, 6.45) is 5.45. The third kappa shape index (κ3) is 7.05. The lowest BCUT2D eigenvalue weighted by Crippen LogP contribution is -2.41. The molecule has 0 heterocycles. The fourth-order valence-corrected chi connectivity index (χ4v) is 2.48. The summed E-state index contributed by atoms with van der Waals surface area (Å²) in [4.78, 5) is 2.69. The van der Waals surface area contributed by atoms with Gasteiger partial charge in [-0.2, -0.15) is 0 Å². The van der Waals surface area contributed by atoms with Crippen molar-refractivity contribution >= 4 is 0 Å². The molecule has 1 rings (SSSR count). The van der Waals surface area contributed by atoms with Gasteiger partial charge in [0.2, 0.25) is 0 Å². The fourth-order valence-electron chi connectivity index (χ4n) is 2.48. The van der Waals surface area contributed by atoms with E-state index in [1.165, 1.54) is 45.3 Å². The van der Waals surface area contributed by atoms with Gasteiger partial charge in [-0.25, -0.2) is 0 Å². The Morgan fingerprint density at radius 3 is 2.41 bits per heavy atom. The van der Waals surface area contributed by atoms with E-state index in [2.05, 4.69) is 37.9 Å². The van der Waals surface area contributed by atoms with Gasteiger partial charge in [-0.1, -0.05) is 27.7 Å². The van der Waals surface area contributed by atoms with E-state index in [1.807, 2.05) is 0 Å². The van der Waals surface area contributed by atoms with E-state index in [1.54, 1.807) is 0 Å². The number of hydrogen-bond donors (Lipinski definition) is 1. The molecular weight excluding hydrogens is 208 g/mol. The molecule has 0 bridgehead atoms. The fraction of sp³-hybridized carbons (Fsp3) is 1.00. The Hall–Kier alpha value is -0.0800. The Morgan fingerprint density at radius 2 is 1.88 bits per heavy atom. The molecule has 0 aromatic rings. The minimum absolute atomic E-state index is 0.402. The summed E-state index contributed by atoms with van der Waals surface area (Å²) in [5, 5.41) is 3.57. The zero-order valence-corrected chi connectivity index (χ0v) is 12.4. The molecule has 0 aromatic carbocycles.